The highest BCUT2D eigenvalue weighted by Crippen LogP contribution is 2.28. The quantitative estimate of drug-likeness (QED) is 0.551. The van der Waals surface area contributed by atoms with Gasteiger partial charge in [0.25, 0.3) is 0 Å². The SMILES string of the molecule is O=C(O)N1CC[C@H]2CCNC[C@H]21. The minimum Gasteiger partial charge on any atom is -0.465 e. The Balaban J connectivity index is 2.05. The van der Waals surface area contributed by atoms with E-state index in [4.69, 9.17) is 5.11 Å². The highest BCUT2D eigenvalue weighted by atomic mass is 16.4. The molecule has 0 aromatic carbocycles. The van der Waals surface area contributed by atoms with E-state index in [2.05, 4.69) is 5.32 Å². The number of carboxylic acid groups (broad SMARTS) is 1. The molecule has 2 aliphatic heterocycles. The number of hydrogen-bond donors (Lipinski definition) is 2. The Labute approximate surface area is 71.5 Å². The largest absolute Gasteiger partial charge is 0.465 e. The predicted octanol–water partition coefficient (Wildman–Crippen LogP) is 0.348. The van der Waals surface area contributed by atoms with Crippen LogP contribution in [0.4, 0.5) is 4.79 Å². The number of likely N-dealkylation sites (tertiary alicyclic amines) is 1. The van der Waals surface area contributed by atoms with E-state index in [1.807, 2.05) is 0 Å². The summed E-state index contributed by atoms with van der Waals surface area (Å²) >= 11 is 0. The van der Waals surface area contributed by atoms with E-state index in [0.717, 1.165) is 32.5 Å². The van der Waals surface area contributed by atoms with Gasteiger partial charge in [0.1, 0.15) is 0 Å². The first-order valence-electron chi connectivity index (χ1n) is 4.49. The van der Waals surface area contributed by atoms with Crippen LogP contribution in [-0.2, 0) is 0 Å². The van der Waals surface area contributed by atoms with Crippen LogP contribution < -0.4 is 5.32 Å². The molecule has 2 rings (SSSR count). The molecule has 0 aromatic heterocycles. The third-order valence-corrected chi connectivity index (χ3v) is 2.98. The summed E-state index contributed by atoms with van der Waals surface area (Å²) in [5.74, 6) is 0.613. The minimum atomic E-state index is -0.758. The highest BCUT2D eigenvalue weighted by molar-refractivity contribution is 5.66. The van der Waals surface area contributed by atoms with Crippen LogP contribution in [0.3, 0.4) is 0 Å². The van der Waals surface area contributed by atoms with Crippen molar-refractivity contribution in [1.82, 2.24) is 10.2 Å². The second kappa shape index (κ2) is 2.94. The lowest BCUT2D eigenvalue weighted by Crippen LogP contribution is -2.47. The molecule has 0 unspecified atom stereocenters. The van der Waals surface area contributed by atoms with E-state index in [0.29, 0.717) is 5.92 Å². The van der Waals surface area contributed by atoms with Crippen molar-refractivity contribution in [3.8, 4) is 0 Å². The summed E-state index contributed by atoms with van der Waals surface area (Å²) in [5.41, 5.74) is 0. The normalized spacial score (nSPS) is 34.8. The van der Waals surface area contributed by atoms with Gasteiger partial charge in [0, 0.05) is 13.1 Å². The molecular formula is C8H14N2O2. The van der Waals surface area contributed by atoms with Gasteiger partial charge < -0.3 is 15.3 Å². The number of nitrogens with zero attached hydrogens (tertiary/aromatic N) is 1. The average molecular weight is 170 g/mol. The number of hydrogen-bond acceptors (Lipinski definition) is 2. The van der Waals surface area contributed by atoms with Crippen LogP contribution >= 0.6 is 0 Å². The maximum absolute atomic E-state index is 10.8. The molecule has 2 N–H and O–H groups in total. The van der Waals surface area contributed by atoms with Gasteiger partial charge in [0.15, 0.2) is 0 Å². The molecule has 0 bridgehead atoms. The van der Waals surface area contributed by atoms with Crippen LogP contribution in [0.2, 0.25) is 0 Å². The number of carbonyl (C=O) groups is 1. The molecule has 2 fully saturated rings. The molecule has 2 aliphatic rings. The molecule has 4 heteroatoms. The molecule has 0 spiro atoms. The second-order valence-corrected chi connectivity index (χ2v) is 3.58. The Morgan fingerprint density at radius 1 is 1.50 bits per heavy atom. The van der Waals surface area contributed by atoms with Crippen molar-refractivity contribution >= 4 is 6.09 Å². The first kappa shape index (κ1) is 7.86. The smallest absolute Gasteiger partial charge is 0.407 e. The first-order valence-corrected chi connectivity index (χ1v) is 4.49. The Morgan fingerprint density at radius 2 is 2.33 bits per heavy atom. The fourth-order valence-corrected chi connectivity index (χ4v) is 2.31. The maximum atomic E-state index is 10.8. The Morgan fingerprint density at radius 3 is 3.08 bits per heavy atom. The lowest BCUT2D eigenvalue weighted by molar-refractivity contribution is 0.128. The molecule has 68 valence electrons. The van der Waals surface area contributed by atoms with Crippen molar-refractivity contribution in [2.24, 2.45) is 5.92 Å². The molecule has 0 aliphatic carbocycles. The summed E-state index contributed by atoms with van der Waals surface area (Å²) in [6.45, 7) is 2.62. The molecule has 4 nitrogen and oxygen atoms in total. The molecule has 0 aromatic rings. The van der Waals surface area contributed by atoms with Crippen molar-refractivity contribution in [3.63, 3.8) is 0 Å². The number of piperidine rings is 1. The van der Waals surface area contributed by atoms with Crippen LogP contribution in [0.25, 0.3) is 0 Å². The van der Waals surface area contributed by atoms with Crippen molar-refractivity contribution in [2.45, 2.75) is 18.9 Å². The van der Waals surface area contributed by atoms with Gasteiger partial charge >= 0.3 is 6.09 Å². The molecule has 2 atom stereocenters. The molecule has 2 heterocycles. The van der Waals surface area contributed by atoms with Gasteiger partial charge in [-0.15, -0.1) is 0 Å². The van der Waals surface area contributed by atoms with E-state index in [1.54, 1.807) is 4.90 Å². The standard InChI is InChI=1S/C8H14N2O2/c11-8(12)10-4-2-6-1-3-9-5-7(6)10/h6-7,9H,1-5H2,(H,11,12)/t6-,7-/m1/s1. The van der Waals surface area contributed by atoms with E-state index >= 15 is 0 Å². The predicted molar refractivity (Wildman–Crippen MR) is 44.1 cm³/mol. The van der Waals surface area contributed by atoms with Gasteiger partial charge in [0.2, 0.25) is 0 Å². The number of rotatable bonds is 0. The van der Waals surface area contributed by atoms with Gasteiger partial charge in [-0.25, -0.2) is 4.79 Å². The number of nitrogens with one attached hydrogen (secondary N) is 1. The van der Waals surface area contributed by atoms with Crippen molar-refractivity contribution in [3.05, 3.63) is 0 Å². The van der Waals surface area contributed by atoms with Gasteiger partial charge in [-0.05, 0) is 25.3 Å². The zero-order chi connectivity index (χ0) is 8.55. The minimum absolute atomic E-state index is 0.247. The summed E-state index contributed by atoms with van der Waals surface area (Å²) in [5, 5.41) is 12.1. The second-order valence-electron chi connectivity index (χ2n) is 3.58. The van der Waals surface area contributed by atoms with E-state index in [9.17, 15) is 4.79 Å². The fourth-order valence-electron chi connectivity index (χ4n) is 2.31. The topological polar surface area (TPSA) is 52.6 Å². The van der Waals surface area contributed by atoms with Crippen molar-refractivity contribution in [1.29, 1.82) is 0 Å². The maximum Gasteiger partial charge on any atom is 0.407 e. The van der Waals surface area contributed by atoms with Gasteiger partial charge in [-0.2, -0.15) is 0 Å². The third kappa shape index (κ3) is 1.16. The molecule has 0 radical (unpaired) electrons. The van der Waals surface area contributed by atoms with Gasteiger partial charge in [0.05, 0.1) is 6.04 Å². The van der Waals surface area contributed by atoms with Crippen molar-refractivity contribution in [2.75, 3.05) is 19.6 Å². The highest BCUT2D eigenvalue weighted by Gasteiger charge is 2.37. The summed E-state index contributed by atoms with van der Waals surface area (Å²) in [4.78, 5) is 12.3. The van der Waals surface area contributed by atoms with Gasteiger partial charge in [-0.3, -0.25) is 0 Å². The summed E-state index contributed by atoms with van der Waals surface area (Å²) in [7, 11) is 0. The van der Waals surface area contributed by atoms with E-state index in [1.165, 1.54) is 0 Å². The first-order chi connectivity index (χ1) is 5.79. The Hall–Kier alpha value is -0.770. The molecular weight excluding hydrogens is 156 g/mol. The van der Waals surface area contributed by atoms with Crippen LogP contribution in [0.1, 0.15) is 12.8 Å². The van der Waals surface area contributed by atoms with Crippen LogP contribution in [-0.4, -0.2) is 41.8 Å². The lowest BCUT2D eigenvalue weighted by atomic mass is 9.94. The van der Waals surface area contributed by atoms with Crippen LogP contribution in [0.5, 0.6) is 0 Å². The summed E-state index contributed by atoms with van der Waals surface area (Å²) in [6, 6.07) is 0.247. The molecule has 1 amide bonds. The van der Waals surface area contributed by atoms with Gasteiger partial charge in [-0.1, -0.05) is 0 Å². The zero-order valence-corrected chi connectivity index (χ0v) is 6.99. The molecule has 12 heavy (non-hydrogen) atoms. The van der Waals surface area contributed by atoms with E-state index in [-0.39, 0.29) is 6.04 Å². The lowest BCUT2D eigenvalue weighted by Gasteiger charge is -2.30. The fraction of sp³-hybridized carbons (Fsp3) is 0.875. The molecule has 0 saturated carbocycles. The third-order valence-electron chi connectivity index (χ3n) is 2.98. The Kier molecular flexibility index (Phi) is 1.92. The summed E-state index contributed by atoms with van der Waals surface area (Å²) < 4.78 is 0. The zero-order valence-electron chi connectivity index (χ0n) is 6.99. The van der Waals surface area contributed by atoms with Crippen LogP contribution in [0, 0.1) is 5.92 Å². The van der Waals surface area contributed by atoms with E-state index < -0.39 is 6.09 Å². The number of fused-ring (bicyclic) bond motifs is 1. The van der Waals surface area contributed by atoms with Crippen molar-refractivity contribution < 1.29 is 9.90 Å². The number of amides is 1. The molecule has 2 saturated heterocycles. The Bertz CT molecular complexity index is 195. The summed E-state index contributed by atoms with van der Waals surface area (Å²) in [6.07, 6.45) is 1.43. The van der Waals surface area contributed by atoms with Crippen LogP contribution in [0.15, 0.2) is 0 Å². The average Bonchev–Trinajstić information content (AvgIpc) is 2.47. The monoisotopic (exact) mass is 170 g/mol.